The van der Waals surface area contributed by atoms with Gasteiger partial charge in [-0.25, -0.2) is 8.42 Å². The van der Waals surface area contributed by atoms with Crippen molar-refractivity contribution in [3.63, 3.8) is 0 Å². The largest absolute Gasteiger partial charge is 0.486 e. The van der Waals surface area contributed by atoms with E-state index in [0.717, 1.165) is 22.4 Å². The zero-order valence-corrected chi connectivity index (χ0v) is 14.1. The molecule has 0 amide bonds. The molecule has 24 heavy (non-hydrogen) atoms. The molecule has 0 aromatic heterocycles. The van der Waals surface area contributed by atoms with Gasteiger partial charge in [-0.3, -0.25) is 0 Å². The molecule has 0 aliphatic carbocycles. The van der Waals surface area contributed by atoms with Gasteiger partial charge in [0.1, 0.15) is 13.2 Å². The summed E-state index contributed by atoms with van der Waals surface area (Å²) >= 11 is 0. The second-order valence-corrected chi connectivity index (χ2v) is 8.06. The van der Waals surface area contributed by atoms with Crippen molar-refractivity contribution in [3.05, 3.63) is 59.2 Å². The van der Waals surface area contributed by atoms with Crippen molar-refractivity contribution < 1.29 is 17.9 Å². The molecule has 2 aliphatic rings. The second kappa shape index (κ2) is 6.11. The van der Waals surface area contributed by atoms with Gasteiger partial charge >= 0.3 is 0 Å². The molecule has 2 aromatic carbocycles. The molecule has 0 radical (unpaired) electrons. The van der Waals surface area contributed by atoms with Gasteiger partial charge in [0, 0.05) is 13.1 Å². The van der Waals surface area contributed by atoms with E-state index in [2.05, 4.69) is 0 Å². The highest BCUT2D eigenvalue weighted by molar-refractivity contribution is 7.88. The lowest BCUT2D eigenvalue weighted by Gasteiger charge is -2.30. The van der Waals surface area contributed by atoms with Crippen LogP contribution in [0.4, 0.5) is 0 Å². The van der Waals surface area contributed by atoms with Crippen molar-refractivity contribution >= 4 is 10.0 Å². The molecule has 2 aliphatic heterocycles. The summed E-state index contributed by atoms with van der Waals surface area (Å²) in [4.78, 5) is 0. The van der Waals surface area contributed by atoms with Crippen molar-refractivity contribution in [2.75, 3.05) is 19.8 Å². The van der Waals surface area contributed by atoms with Crippen LogP contribution in [0.15, 0.2) is 42.5 Å². The maximum absolute atomic E-state index is 12.7. The Kier molecular flexibility index (Phi) is 3.94. The average Bonchev–Trinajstić information content (AvgIpc) is 2.60. The van der Waals surface area contributed by atoms with E-state index in [1.54, 1.807) is 4.31 Å². The van der Waals surface area contributed by atoms with Crippen molar-refractivity contribution in [1.29, 1.82) is 0 Å². The highest BCUT2D eigenvalue weighted by Crippen LogP contribution is 2.36. The SMILES string of the molecule is O=S(=O)(Cc1ccccc1)N1CCc2cc3c(cc2C1)OCCO3. The minimum absolute atomic E-state index is 0.0354. The molecule has 2 heterocycles. The molecular formula is C18H19NO4S. The van der Waals surface area contributed by atoms with Crippen LogP contribution in [0, 0.1) is 0 Å². The number of benzene rings is 2. The van der Waals surface area contributed by atoms with E-state index in [1.807, 2.05) is 42.5 Å². The zero-order chi connectivity index (χ0) is 16.6. The van der Waals surface area contributed by atoms with Crippen LogP contribution >= 0.6 is 0 Å². The Bertz CT molecular complexity index is 849. The fourth-order valence-electron chi connectivity index (χ4n) is 3.18. The topological polar surface area (TPSA) is 55.8 Å². The Morgan fingerprint density at radius 2 is 1.62 bits per heavy atom. The van der Waals surface area contributed by atoms with Crippen LogP contribution in [0.1, 0.15) is 16.7 Å². The fourth-order valence-corrected chi connectivity index (χ4v) is 4.68. The molecular weight excluding hydrogens is 326 g/mol. The summed E-state index contributed by atoms with van der Waals surface area (Å²) < 4.78 is 38.2. The minimum Gasteiger partial charge on any atom is -0.486 e. The van der Waals surface area contributed by atoms with Crippen LogP contribution in [0.3, 0.4) is 0 Å². The molecule has 0 atom stereocenters. The molecule has 2 aromatic rings. The highest BCUT2D eigenvalue weighted by Gasteiger charge is 2.28. The normalized spacial score (nSPS) is 17.3. The number of hydrogen-bond acceptors (Lipinski definition) is 4. The van der Waals surface area contributed by atoms with Crippen LogP contribution in [-0.4, -0.2) is 32.5 Å². The number of sulfonamides is 1. The van der Waals surface area contributed by atoms with E-state index in [9.17, 15) is 8.42 Å². The van der Waals surface area contributed by atoms with E-state index in [1.165, 1.54) is 0 Å². The van der Waals surface area contributed by atoms with Gasteiger partial charge in [0.15, 0.2) is 11.5 Å². The van der Waals surface area contributed by atoms with E-state index >= 15 is 0 Å². The molecule has 0 saturated heterocycles. The number of fused-ring (bicyclic) bond motifs is 2. The van der Waals surface area contributed by atoms with Gasteiger partial charge in [0.2, 0.25) is 10.0 Å². The Morgan fingerprint density at radius 3 is 2.33 bits per heavy atom. The van der Waals surface area contributed by atoms with Crippen LogP contribution < -0.4 is 9.47 Å². The van der Waals surface area contributed by atoms with Gasteiger partial charge in [-0.15, -0.1) is 0 Å². The third-order valence-electron chi connectivity index (χ3n) is 4.43. The lowest BCUT2D eigenvalue weighted by molar-refractivity contribution is 0.171. The molecule has 0 bridgehead atoms. The predicted octanol–water partition coefficient (Wildman–Crippen LogP) is 2.35. The third-order valence-corrected chi connectivity index (χ3v) is 6.22. The molecule has 0 spiro atoms. The Hall–Kier alpha value is -2.05. The molecule has 0 saturated carbocycles. The zero-order valence-electron chi connectivity index (χ0n) is 13.3. The van der Waals surface area contributed by atoms with Crippen LogP contribution in [0.2, 0.25) is 0 Å². The standard InChI is InChI=1S/C18H19NO4S/c20-24(21,13-14-4-2-1-3-5-14)19-7-6-15-10-17-18(11-16(15)12-19)23-9-8-22-17/h1-5,10-11H,6-9,12-13H2. The molecule has 4 rings (SSSR count). The van der Waals surface area contributed by atoms with Crippen LogP contribution in [-0.2, 0) is 28.7 Å². The van der Waals surface area contributed by atoms with Gasteiger partial charge in [0.25, 0.3) is 0 Å². The first-order valence-electron chi connectivity index (χ1n) is 8.05. The summed E-state index contributed by atoms with van der Waals surface area (Å²) in [5.74, 6) is 1.51. The molecule has 5 nitrogen and oxygen atoms in total. The van der Waals surface area contributed by atoms with Crippen molar-refractivity contribution in [2.24, 2.45) is 0 Å². The third kappa shape index (κ3) is 2.99. The van der Waals surface area contributed by atoms with Gasteiger partial charge in [-0.05, 0) is 35.2 Å². The summed E-state index contributed by atoms with van der Waals surface area (Å²) in [7, 11) is -3.34. The average molecular weight is 345 g/mol. The highest BCUT2D eigenvalue weighted by atomic mass is 32.2. The van der Waals surface area contributed by atoms with E-state index in [-0.39, 0.29) is 5.75 Å². The van der Waals surface area contributed by atoms with Gasteiger partial charge in [-0.1, -0.05) is 30.3 Å². The maximum Gasteiger partial charge on any atom is 0.218 e. The number of ether oxygens (including phenoxy) is 2. The second-order valence-electron chi connectivity index (χ2n) is 6.09. The molecule has 126 valence electrons. The van der Waals surface area contributed by atoms with Gasteiger partial charge < -0.3 is 9.47 Å². The molecule has 0 unspecified atom stereocenters. The maximum atomic E-state index is 12.7. The first kappa shape index (κ1) is 15.5. The smallest absolute Gasteiger partial charge is 0.218 e. The molecule has 0 N–H and O–H groups in total. The van der Waals surface area contributed by atoms with E-state index in [0.29, 0.717) is 38.5 Å². The van der Waals surface area contributed by atoms with Crippen LogP contribution in [0.5, 0.6) is 11.5 Å². The summed E-state index contributed by atoms with van der Waals surface area (Å²) in [6, 6.07) is 13.2. The number of nitrogens with zero attached hydrogens (tertiary/aromatic N) is 1. The quantitative estimate of drug-likeness (QED) is 0.857. The summed E-state index contributed by atoms with van der Waals surface area (Å²) in [6.07, 6.45) is 0.694. The van der Waals surface area contributed by atoms with Gasteiger partial charge in [0.05, 0.1) is 5.75 Å². The molecule has 0 fully saturated rings. The lowest BCUT2D eigenvalue weighted by Crippen LogP contribution is -2.36. The Balaban J connectivity index is 1.57. The van der Waals surface area contributed by atoms with E-state index in [4.69, 9.17) is 9.47 Å². The fraction of sp³-hybridized carbons (Fsp3) is 0.333. The Labute approximate surface area is 141 Å². The van der Waals surface area contributed by atoms with Gasteiger partial charge in [-0.2, -0.15) is 4.31 Å². The minimum atomic E-state index is -3.34. The molecule has 6 heteroatoms. The number of rotatable bonds is 3. The first-order valence-corrected chi connectivity index (χ1v) is 9.66. The summed E-state index contributed by atoms with van der Waals surface area (Å²) in [5, 5.41) is 0. The number of hydrogen-bond donors (Lipinski definition) is 0. The van der Waals surface area contributed by atoms with Crippen molar-refractivity contribution in [1.82, 2.24) is 4.31 Å². The monoisotopic (exact) mass is 345 g/mol. The Morgan fingerprint density at radius 1 is 0.958 bits per heavy atom. The summed E-state index contributed by atoms with van der Waals surface area (Å²) in [5.41, 5.74) is 2.96. The first-order chi connectivity index (χ1) is 11.6. The van der Waals surface area contributed by atoms with Crippen LogP contribution in [0.25, 0.3) is 0 Å². The van der Waals surface area contributed by atoms with E-state index < -0.39 is 10.0 Å². The lowest BCUT2D eigenvalue weighted by atomic mass is 10.00. The predicted molar refractivity (Wildman–Crippen MR) is 90.6 cm³/mol. The van der Waals surface area contributed by atoms with Crippen molar-refractivity contribution in [2.45, 2.75) is 18.7 Å². The van der Waals surface area contributed by atoms with Crippen molar-refractivity contribution in [3.8, 4) is 11.5 Å². The summed E-state index contributed by atoms with van der Waals surface area (Å²) in [6.45, 7) is 1.98.